The van der Waals surface area contributed by atoms with Gasteiger partial charge in [-0.3, -0.25) is 29.1 Å². The highest BCUT2D eigenvalue weighted by Gasteiger charge is 2.55. The third-order valence-corrected chi connectivity index (χ3v) is 16.7. The van der Waals surface area contributed by atoms with Crippen LogP contribution in [-0.4, -0.2) is 30.4 Å². The quantitative estimate of drug-likeness (QED) is 0.164. The van der Waals surface area contributed by atoms with E-state index < -0.39 is 14.6 Å². The van der Waals surface area contributed by atoms with Gasteiger partial charge in [-0.05, 0) is 85.6 Å². The van der Waals surface area contributed by atoms with Crippen LogP contribution in [0, 0.1) is 0 Å². The lowest BCUT2D eigenvalue weighted by atomic mass is 10.2. The average Bonchev–Trinajstić information content (AvgIpc) is 3.98. The van der Waals surface area contributed by atoms with Gasteiger partial charge in [-0.1, -0.05) is 48.5 Å². The zero-order chi connectivity index (χ0) is 32.3. The molecule has 4 aromatic heterocycles. The fourth-order valence-corrected chi connectivity index (χ4v) is 15.6. The summed E-state index contributed by atoms with van der Waals surface area (Å²) >= 11 is 0. The van der Waals surface area contributed by atoms with Crippen LogP contribution in [0.25, 0.3) is 43.6 Å². The molecule has 0 atom stereocenters. The molecule has 4 aromatic carbocycles. The number of aromatic nitrogens is 4. The number of hydrogen-bond acceptors (Lipinski definition) is 6. The van der Waals surface area contributed by atoms with E-state index >= 15 is 9.13 Å². The Kier molecular flexibility index (Phi) is 6.84. The molecule has 0 aliphatic heterocycles. The molecule has 7 nitrogen and oxygen atoms in total. The van der Waals surface area contributed by atoms with Crippen molar-refractivity contribution in [3.63, 3.8) is 0 Å². The third kappa shape index (κ3) is 4.39. The maximum Gasteiger partial charge on any atom is 0.214 e. The van der Waals surface area contributed by atoms with Crippen molar-refractivity contribution < 1.29 is 9.13 Å². The molecule has 1 aliphatic rings. The van der Waals surface area contributed by atoms with Crippen LogP contribution in [0.15, 0.2) is 146 Å². The summed E-state index contributed by atoms with van der Waals surface area (Å²) in [6.07, 6.45) is 8.49. The Morgan fingerprint density at radius 2 is 0.708 bits per heavy atom. The lowest BCUT2D eigenvalue weighted by molar-refractivity contribution is 0.512. The van der Waals surface area contributed by atoms with Gasteiger partial charge in [0.25, 0.3) is 0 Å². The average molecular weight is 662 g/mol. The molecule has 0 N–H and O–H groups in total. The summed E-state index contributed by atoms with van der Waals surface area (Å²) in [6, 6.07) is 38.2. The number of benzene rings is 4. The van der Waals surface area contributed by atoms with E-state index in [0.29, 0.717) is 21.2 Å². The smallest absolute Gasteiger partial charge is 0.214 e. The summed E-state index contributed by atoms with van der Waals surface area (Å²) < 4.78 is 36.3. The van der Waals surface area contributed by atoms with E-state index in [1.54, 1.807) is 24.8 Å². The highest BCUT2D eigenvalue weighted by Crippen LogP contribution is 2.70. The van der Waals surface area contributed by atoms with Gasteiger partial charge in [-0.2, -0.15) is 4.44 Å². The first kappa shape index (κ1) is 29.1. The van der Waals surface area contributed by atoms with Crippen LogP contribution in [0.5, 0.6) is 0 Å². The Hall–Kier alpha value is -5.06. The van der Waals surface area contributed by atoms with E-state index in [2.05, 4.69) is 19.9 Å². The zero-order valence-corrected chi connectivity index (χ0v) is 27.6. The molecule has 0 bridgehead atoms. The fourth-order valence-electron chi connectivity index (χ4n) is 7.05. The van der Waals surface area contributed by atoms with E-state index in [9.17, 15) is 0 Å². The van der Waals surface area contributed by atoms with E-state index in [1.807, 2.05) is 126 Å². The van der Waals surface area contributed by atoms with Gasteiger partial charge in [0.2, 0.25) is 14.6 Å². The van der Waals surface area contributed by atoms with Gasteiger partial charge >= 0.3 is 0 Å². The first-order valence-corrected chi connectivity index (χ1v) is 19.3. The van der Waals surface area contributed by atoms with Gasteiger partial charge in [-0.15, -0.1) is 0 Å². The molecule has 0 spiro atoms. The van der Waals surface area contributed by atoms with Crippen LogP contribution < -0.4 is 21.2 Å². The molecular formula is C39H29N5O2P2. The molecule has 1 aliphatic carbocycles. The largest absolute Gasteiger partial charge is 0.296 e. The van der Waals surface area contributed by atoms with Crippen LogP contribution >= 0.6 is 14.6 Å². The summed E-state index contributed by atoms with van der Waals surface area (Å²) in [5.41, 5.74) is 2.90. The fraction of sp³-hybridized carbons (Fsp3) is 0.0769. The molecule has 0 amide bonds. The first-order chi connectivity index (χ1) is 23.6. The van der Waals surface area contributed by atoms with E-state index in [0.717, 1.165) is 56.5 Å². The minimum Gasteiger partial charge on any atom is -0.296 e. The van der Waals surface area contributed by atoms with Crippen LogP contribution in [-0.2, 0) is 9.13 Å². The highest BCUT2D eigenvalue weighted by atomic mass is 31.2. The minimum atomic E-state index is -3.98. The Balaban J connectivity index is 1.48. The number of nitrogens with zero attached hydrogens (tertiary/aromatic N) is 5. The van der Waals surface area contributed by atoms with Crippen molar-refractivity contribution in [2.75, 3.05) is 0 Å². The molecule has 9 heteroatoms. The van der Waals surface area contributed by atoms with Crippen LogP contribution in [0.2, 0.25) is 0 Å². The topological polar surface area (TPSA) is 88.9 Å². The molecular weight excluding hydrogens is 632 g/mol. The van der Waals surface area contributed by atoms with Crippen LogP contribution in [0.1, 0.15) is 12.8 Å². The second-order valence-corrected chi connectivity index (χ2v) is 17.5. The van der Waals surface area contributed by atoms with Crippen molar-refractivity contribution in [2.24, 2.45) is 0 Å². The summed E-state index contributed by atoms with van der Waals surface area (Å²) in [5.74, 6) is 0. The maximum absolute atomic E-state index is 17.2. The summed E-state index contributed by atoms with van der Waals surface area (Å²) in [4.78, 5) is 18.6. The van der Waals surface area contributed by atoms with E-state index in [-0.39, 0.29) is 6.04 Å². The lowest BCUT2D eigenvalue weighted by Gasteiger charge is -2.40. The van der Waals surface area contributed by atoms with Crippen LogP contribution in [0.3, 0.4) is 0 Å². The first-order valence-electron chi connectivity index (χ1n) is 16.0. The monoisotopic (exact) mass is 661 g/mol. The van der Waals surface area contributed by atoms with E-state index in [1.165, 1.54) is 0 Å². The molecule has 0 saturated heterocycles. The normalized spacial score (nSPS) is 13.9. The highest BCUT2D eigenvalue weighted by molar-refractivity contribution is 7.91. The van der Waals surface area contributed by atoms with Gasteiger partial charge in [0.05, 0.1) is 22.1 Å². The Bertz CT molecular complexity index is 2280. The zero-order valence-electron chi connectivity index (χ0n) is 25.8. The van der Waals surface area contributed by atoms with Gasteiger partial charge in [0, 0.05) is 73.6 Å². The number of pyridine rings is 4. The SMILES string of the molecule is O=P(c1cccc2ncccc12)(c1cccc2ncccc12)N(C1CC1)P(=O)(c1cccc2ncccc12)c1cccc2ncccc12. The number of fused-ring (bicyclic) bond motifs is 4. The molecule has 8 aromatic rings. The van der Waals surface area contributed by atoms with E-state index in [4.69, 9.17) is 0 Å². The van der Waals surface area contributed by atoms with Crippen molar-refractivity contribution in [1.82, 2.24) is 24.4 Å². The molecule has 9 rings (SSSR count). The molecule has 4 heterocycles. The summed E-state index contributed by atoms with van der Waals surface area (Å²) in [7, 11) is -7.96. The summed E-state index contributed by atoms with van der Waals surface area (Å²) in [5, 5.41) is 5.48. The number of hydrogen-bond donors (Lipinski definition) is 0. The van der Waals surface area contributed by atoms with Crippen molar-refractivity contribution >= 4 is 79.4 Å². The Morgan fingerprint density at radius 3 is 0.979 bits per heavy atom. The standard InChI is InChI=1S/C39H29N5O2P2/c45-47(36-17-1-13-32-28(36)9-5-23-40-32,37-18-2-14-33-29(37)10-6-24-41-33)44(27-21-22-27)48(46,38-19-3-15-34-30(38)11-7-25-42-34)39-20-4-16-35-31(39)12-8-26-43-35/h1-20,23-27H,21-22H2. The molecule has 0 unspecified atom stereocenters. The van der Waals surface area contributed by atoms with Gasteiger partial charge < -0.3 is 0 Å². The predicted octanol–water partition coefficient (Wildman–Crippen LogP) is 7.50. The molecule has 48 heavy (non-hydrogen) atoms. The van der Waals surface area contributed by atoms with Crippen molar-refractivity contribution in [3.05, 3.63) is 146 Å². The third-order valence-electron chi connectivity index (χ3n) is 9.25. The second kappa shape index (κ2) is 11.3. The lowest BCUT2D eigenvalue weighted by Crippen LogP contribution is -2.39. The Labute approximate surface area is 277 Å². The minimum absolute atomic E-state index is 0.223. The van der Waals surface area contributed by atoms with Gasteiger partial charge in [-0.25, -0.2) is 0 Å². The second-order valence-electron chi connectivity index (χ2n) is 12.1. The van der Waals surface area contributed by atoms with Crippen molar-refractivity contribution in [1.29, 1.82) is 0 Å². The van der Waals surface area contributed by atoms with Gasteiger partial charge in [0.15, 0.2) is 0 Å². The maximum atomic E-state index is 17.2. The molecule has 1 fully saturated rings. The summed E-state index contributed by atoms with van der Waals surface area (Å²) in [6.45, 7) is 0. The number of rotatable bonds is 7. The molecule has 232 valence electrons. The molecule has 1 saturated carbocycles. The van der Waals surface area contributed by atoms with Gasteiger partial charge in [0.1, 0.15) is 0 Å². The van der Waals surface area contributed by atoms with Crippen molar-refractivity contribution in [2.45, 2.75) is 18.9 Å². The van der Waals surface area contributed by atoms with Crippen molar-refractivity contribution in [3.8, 4) is 0 Å². The predicted molar refractivity (Wildman–Crippen MR) is 196 cm³/mol. The Morgan fingerprint density at radius 1 is 0.417 bits per heavy atom. The molecule has 0 radical (unpaired) electrons. The van der Waals surface area contributed by atoms with Crippen LogP contribution in [0.4, 0.5) is 0 Å².